The highest BCUT2D eigenvalue weighted by atomic mass is 32.1. The maximum Gasteiger partial charge on any atom is 0.253 e. The van der Waals surface area contributed by atoms with Crippen LogP contribution in [0.5, 0.6) is 0 Å². The first kappa shape index (κ1) is 58.4. The predicted octanol–water partition coefficient (Wildman–Crippen LogP) is 5.84. The SMILES string of the molecule is Cc1cc(C)c(CNC(=O)c2cc(-c3ccc(N4CCN(CCNC(=O)CCCCC(=O)NC(C(=O)N5C[C@H](O)C[C@H]5C(=O)NCc5ccc(-c6scnc6C)cc5)C(C)(C)C)CC4)nc3)cc(NC(C)C)c2C=N)c(=O)[nH]1. The van der Waals surface area contributed by atoms with Gasteiger partial charge in [-0.3, -0.25) is 33.7 Å². The highest BCUT2D eigenvalue weighted by Gasteiger charge is 2.44. The summed E-state index contributed by atoms with van der Waals surface area (Å²) in [7, 11) is 0. The molecule has 2 fully saturated rings. The van der Waals surface area contributed by atoms with Gasteiger partial charge in [0.25, 0.3) is 11.5 Å². The highest BCUT2D eigenvalue weighted by molar-refractivity contribution is 7.13. The van der Waals surface area contributed by atoms with E-state index in [0.717, 1.165) is 76.1 Å². The Labute approximate surface area is 460 Å². The lowest BCUT2D eigenvalue weighted by molar-refractivity contribution is -0.144. The van der Waals surface area contributed by atoms with Gasteiger partial charge in [0.2, 0.25) is 23.6 Å². The molecule has 5 heterocycles. The average Bonchev–Trinajstić information content (AvgIpc) is 4.05. The Hall–Kier alpha value is -7.29. The molecule has 3 aromatic heterocycles. The van der Waals surface area contributed by atoms with Crippen LogP contribution in [0.25, 0.3) is 21.6 Å². The molecule has 0 radical (unpaired) electrons. The zero-order valence-electron chi connectivity index (χ0n) is 46.2. The number of aromatic amines is 1. The number of thiazole rings is 1. The molecule has 2 aromatic carbocycles. The van der Waals surface area contributed by atoms with Gasteiger partial charge in [-0.25, -0.2) is 9.97 Å². The Morgan fingerprint density at radius 2 is 1.58 bits per heavy atom. The fraction of sp³-hybridized carbons (Fsp3) is 0.466. The number of piperazine rings is 1. The number of anilines is 2. The van der Waals surface area contributed by atoms with E-state index in [1.807, 2.05) is 109 Å². The first-order valence-electron chi connectivity index (χ1n) is 26.9. The summed E-state index contributed by atoms with van der Waals surface area (Å²) in [4.78, 5) is 98.9. The van der Waals surface area contributed by atoms with E-state index in [1.165, 1.54) is 11.1 Å². The number of rotatable bonds is 22. The Bertz CT molecular complexity index is 3000. The number of likely N-dealkylation sites (tertiary alicyclic amines) is 1. The summed E-state index contributed by atoms with van der Waals surface area (Å²) in [5.74, 6) is -0.790. The molecule has 20 heteroatoms. The third kappa shape index (κ3) is 15.3. The van der Waals surface area contributed by atoms with E-state index in [2.05, 4.69) is 46.4 Å². The van der Waals surface area contributed by atoms with Crippen molar-refractivity contribution in [3.8, 4) is 21.6 Å². The third-order valence-electron chi connectivity index (χ3n) is 14.2. The molecule has 0 aliphatic carbocycles. The Balaban J connectivity index is 0.822. The second kappa shape index (κ2) is 26.4. The van der Waals surface area contributed by atoms with Gasteiger partial charge in [0.05, 0.1) is 27.7 Å². The van der Waals surface area contributed by atoms with Gasteiger partial charge < -0.3 is 51.9 Å². The van der Waals surface area contributed by atoms with Gasteiger partial charge in [0.1, 0.15) is 17.9 Å². The number of pyridine rings is 2. The zero-order chi connectivity index (χ0) is 56.3. The molecule has 0 spiro atoms. The number of aliphatic hydroxyl groups excluding tert-OH is 1. The lowest BCUT2D eigenvalue weighted by Crippen LogP contribution is -2.57. The van der Waals surface area contributed by atoms with Crippen LogP contribution in [0.1, 0.15) is 111 Å². The predicted molar refractivity (Wildman–Crippen MR) is 306 cm³/mol. The molecule has 7 rings (SSSR count). The minimum absolute atomic E-state index is 0.0153. The van der Waals surface area contributed by atoms with Gasteiger partial charge in [0.15, 0.2) is 0 Å². The van der Waals surface area contributed by atoms with Crippen LogP contribution in [0.2, 0.25) is 0 Å². The van der Waals surface area contributed by atoms with E-state index in [0.29, 0.717) is 48.3 Å². The largest absolute Gasteiger partial charge is 0.391 e. The molecular weight excluding hydrogens is 1010 g/mol. The molecule has 2 saturated heterocycles. The minimum Gasteiger partial charge on any atom is -0.391 e. The first-order valence-corrected chi connectivity index (χ1v) is 27.7. The lowest BCUT2D eigenvalue weighted by atomic mass is 9.85. The van der Waals surface area contributed by atoms with E-state index < -0.39 is 35.4 Å². The number of aliphatic hydroxyl groups is 1. The number of carbonyl (C=O) groups is 5. The number of benzene rings is 2. The molecule has 2 aliphatic rings. The van der Waals surface area contributed by atoms with Gasteiger partial charge in [0, 0.05) is 125 Å². The van der Waals surface area contributed by atoms with E-state index in [-0.39, 0.29) is 68.2 Å². The average molecular weight is 1090 g/mol. The zero-order valence-corrected chi connectivity index (χ0v) is 47.0. The van der Waals surface area contributed by atoms with Gasteiger partial charge in [-0.1, -0.05) is 45.0 Å². The number of nitrogens with one attached hydrogen (secondary N) is 7. The number of amides is 5. The van der Waals surface area contributed by atoms with Crippen molar-refractivity contribution in [1.82, 2.24) is 46.0 Å². The molecular formula is C58H76N12O7S. The second-order valence-electron chi connectivity index (χ2n) is 21.8. The van der Waals surface area contributed by atoms with Crippen molar-refractivity contribution in [3.05, 3.63) is 116 Å². The Morgan fingerprint density at radius 1 is 0.872 bits per heavy atom. The summed E-state index contributed by atoms with van der Waals surface area (Å²) in [5.41, 5.74) is 8.71. The third-order valence-corrected chi connectivity index (χ3v) is 15.2. The van der Waals surface area contributed by atoms with Crippen LogP contribution < -0.4 is 37.0 Å². The molecule has 78 heavy (non-hydrogen) atoms. The van der Waals surface area contributed by atoms with Crippen LogP contribution in [0, 0.1) is 31.6 Å². The highest BCUT2D eigenvalue weighted by Crippen LogP contribution is 2.31. The molecule has 2 aliphatic heterocycles. The molecule has 3 atom stereocenters. The Kier molecular flexibility index (Phi) is 19.7. The van der Waals surface area contributed by atoms with Crippen LogP contribution in [0.4, 0.5) is 11.5 Å². The van der Waals surface area contributed by atoms with Gasteiger partial charge in [-0.15, -0.1) is 11.3 Å². The van der Waals surface area contributed by atoms with Crippen molar-refractivity contribution >= 4 is 58.6 Å². The maximum absolute atomic E-state index is 14.1. The molecule has 1 unspecified atom stereocenters. The summed E-state index contributed by atoms with van der Waals surface area (Å²) in [5, 5.41) is 34.0. The van der Waals surface area contributed by atoms with E-state index in [9.17, 15) is 33.9 Å². The summed E-state index contributed by atoms with van der Waals surface area (Å²) in [6.45, 7) is 19.6. The molecule has 416 valence electrons. The van der Waals surface area contributed by atoms with E-state index in [1.54, 1.807) is 23.6 Å². The first-order chi connectivity index (χ1) is 37.2. The van der Waals surface area contributed by atoms with Crippen LogP contribution >= 0.6 is 11.3 Å². The Morgan fingerprint density at radius 3 is 2.21 bits per heavy atom. The van der Waals surface area contributed by atoms with Crippen LogP contribution in [0.3, 0.4) is 0 Å². The number of hydrogen-bond donors (Lipinski definition) is 8. The summed E-state index contributed by atoms with van der Waals surface area (Å²) in [6, 6.07) is 15.6. The molecule has 0 saturated carbocycles. The smallest absolute Gasteiger partial charge is 0.253 e. The number of carbonyl (C=O) groups excluding carboxylic acids is 5. The van der Waals surface area contributed by atoms with Gasteiger partial charge in [-0.05, 0) is 105 Å². The molecule has 19 nitrogen and oxygen atoms in total. The molecule has 8 N–H and O–H groups in total. The molecule has 5 amide bonds. The molecule has 5 aromatic rings. The van der Waals surface area contributed by atoms with Crippen molar-refractivity contribution in [2.24, 2.45) is 5.41 Å². The standard InChI is InChI=1S/C58H76N12O7S/c1-35(2)65-47-27-42(26-44(45(47)29-59)54(74)63-32-46-36(3)25-37(4)66-55(46)75)41-17-18-49(61-31-41)69-23-21-68(22-24-69)20-19-60-50(72)11-9-10-12-51(73)67-53(58(6,7)8)57(77)70-33-43(71)28-48(70)56(76)62-30-39-13-15-40(16-14-39)52-38(5)64-34-78-52/h13-18,25-27,29,31,34-35,43,48,53,59,65,71H,9-12,19-24,28,30,32-33H2,1-8H3,(H,60,72)(H,62,76)(H,63,74)(H,66,75)(H,67,73)/t43-,48+,53?/m1/s1. The van der Waals surface area contributed by atoms with Gasteiger partial charge >= 0.3 is 0 Å². The number of unbranched alkanes of at least 4 members (excludes halogenated alkanes) is 1. The fourth-order valence-corrected chi connectivity index (χ4v) is 10.7. The topological polar surface area (TPSA) is 258 Å². The minimum atomic E-state index is -0.938. The number of aryl methyl sites for hydroxylation is 3. The quantitative estimate of drug-likeness (QED) is 0.0301. The number of H-pyrrole nitrogens is 1. The van der Waals surface area contributed by atoms with Crippen molar-refractivity contribution in [3.63, 3.8) is 0 Å². The van der Waals surface area contributed by atoms with E-state index in [4.69, 9.17) is 10.4 Å². The van der Waals surface area contributed by atoms with Crippen molar-refractivity contribution in [1.29, 1.82) is 5.41 Å². The van der Waals surface area contributed by atoms with Crippen molar-refractivity contribution in [2.75, 3.05) is 56.0 Å². The van der Waals surface area contributed by atoms with Crippen LogP contribution in [-0.4, -0.2) is 136 Å². The lowest BCUT2D eigenvalue weighted by Gasteiger charge is -2.35. The fourth-order valence-electron chi connectivity index (χ4n) is 9.93. The van der Waals surface area contributed by atoms with Crippen LogP contribution in [-0.2, 0) is 32.3 Å². The second-order valence-corrected chi connectivity index (χ2v) is 22.6. The molecule has 0 bridgehead atoms. The summed E-state index contributed by atoms with van der Waals surface area (Å²) in [6.07, 6.45) is 3.50. The van der Waals surface area contributed by atoms with E-state index >= 15 is 0 Å². The number of β-amino-alcohol motifs (C(OH)–C–C–N with tert-alkyl or cyclic N) is 1. The normalized spacial score (nSPS) is 16.2. The number of aromatic nitrogens is 3. The summed E-state index contributed by atoms with van der Waals surface area (Å²) < 4.78 is 0. The summed E-state index contributed by atoms with van der Waals surface area (Å²) >= 11 is 1.57. The monoisotopic (exact) mass is 1080 g/mol. The van der Waals surface area contributed by atoms with Crippen LogP contribution in [0.15, 0.2) is 71.1 Å². The number of nitrogens with zero attached hydrogens (tertiary/aromatic N) is 5. The maximum atomic E-state index is 14.1. The van der Waals surface area contributed by atoms with Gasteiger partial charge in [-0.2, -0.15) is 0 Å². The van der Waals surface area contributed by atoms with Crippen molar-refractivity contribution in [2.45, 2.75) is 125 Å². The number of hydrogen-bond acceptors (Lipinski definition) is 14. The van der Waals surface area contributed by atoms with Crippen molar-refractivity contribution < 1.29 is 29.1 Å².